The van der Waals surface area contributed by atoms with E-state index in [0.29, 0.717) is 6.04 Å². The summed E-state index contributed by atoms with van der Waals surface area (Å²) in [7, 11) is 0. The van der Waals surface area contributed by atoms with Gasteiger partial charge in [0, 0.05) is 18.3 Å². The van der Waals surface area contributed by atoms with E-state index < -0.39 is 0 Å². The molecule has 0 amide bonds. The molecule has 0 aromatic carbocycles. The largest absolute Gasteiger partial charge is 0.313 e. The van der Waals surface area contributed by atoms with Crippen molar-refractivity contribution in [2.75, 3.05) is 18.6 Å². The van der Waals surface area contributed by atoms with Crippen LogP contribution in [0, 0.1) is 5.92 Å². The van der Waals surface area contributed by atoms with E-state index in [2.05, 4.69) is 36.3 Å². The molecule has 18 heavy (non-hydrogen) atoms. The molecule has 0 fully saturated rings. The lowest BCUT2D eigenvalue weighted by molar-refractivity contribution is 0.460. The molecule has 1 atom stereocenters. The van der Waals surface area contributed by atoms with Crippen LogP contribution in [0.4, 0.5) is 0 Å². The van der Waals surface area contributed by atoms with Crippen molar-refractivity contribution in [1.29, 1.82) is 0 Å². The van der Waals surface area contributed by atoms with Gasteiger partial charge in [-0.1, -0.05) is 48.7 Å². The van der Waals surface area contributed by atoms with E-state index in [1.807, 2.05) is 6.26 Å². The molecule has 0 bridgehead atoms. The Morgan fingerprint density at radius 2 is 1.89 bits per heavy atom. The van der Waals surface area contributed by atoms with Crippen molar-refractivity contribution in [2.45, 2.75) is 48.3 Å². The lowest BCUT2D eigenvalue weighted by atomic mass is 10.0. The number of rotatable bonds is 9. The van der Waals surface area contributed by atoms with Crippen LogP contribution in [0.2, 0.25) is 0 Å². The van der Waals surface area contributed by atoms with Gasteiger partial charge in [-0.2, -0.15) is 0 Å². The first-order valence-electron chi connectivity index (χ1n) is 6.35. The number of hydrogen-bond donors (Lipinski definition) is 1. The van der Waals surface area contributed by atoms with Gasteiger partial charge in [0.2, 0.25) is 0 Å². The minimum absolute atomic E-state index is 0.615. The molecule has 0 saturated heterocycles. The minimum Gasteiger partial charge on any atom is -0.313 e. The molecule has 104 valence electrons. The van der Waals surface area contributed by atoms with Gasteiger partial charge in [0.15, 0.2) is 8.68 Å². The van der Waals surface area contributed by atoms with Crippen molar-refractivity contribution in [2.24, 2.45) is 5.92 Å². The monoisotopic (exact) mass is 305 g/mol. The molecule has 1 aromatic heterocycles. The Hall–Kier alpha value is 0.220. The summed E-state index contributed by atoms with van der Waals surface area (Å²) in [6.07, 6.45) is 4.60. The zero-order valence-corrected chi connectivity index (χ0v) is 14.1. The van der Waals surface area contributed by atoms with Gasteiger partial charge in [0.25, 0.3) is 0 Å². The van der Waals surface area contributed by atoms with Gasteiger partial charge in [-0.25, -0.2) is 0 Å². The number of nitrogens with one attached hydrogen (secondary N) is 1. The van der Waals surface area contributed by atoms with E-state index >= 15 is 0 Å². The second-order valence-corrected chi connectivity index (χ2v) is 8.09. The van der Waals surface area contributed by atoms with Gasteiger partial charge in [0.05, 0.1) is 0 Å². The first-order chi connectivity index (χ1) is 8.61. The van der Waals surface area contributed by atoms with Crippen molar-refractivity contribution < 1.29 is 0 Å². The Balaban J connectivity index is 2.07. The molecule has 1 N–H and O–H groups in total. The highest BCUT2D eigenvalue weighted by Gasteiger charge is 2.05. The summed E-state index contributed by atoms with van der Waals surface area (Å²) < 4.78 is 2.13. The Bertz CT molecular complexity index is 328. The van der Waals surface area contributed by atoms with Crippen LogP contribution < -0.4 is 5.32 Å². The zero-order chi connectivity index (χ0) is 13.4. The molecule has 3 nitrogen and oxygen atoms in total. The molecule has 1 rings (SSSR count). The van der Waals surface area contributed by atoms with Gasteiger partial charge in [0.1, 0.15) is 0 Å². The van der Waals surface area contributed by atoms with Crippen LogP contribution in [0.3, 0.4) is 0 Å². The third-order valence-electron chi connectivity index (χ3n) is 2.56. The van der Waals surface area contributed by atoms with Gasteiger partial charge in [-0.15, -0.1) is 10.2 Å². The van der Waals surface area contributed by atoms with Crippen molar-refractivity contribution in [3.05, 3.63) is 0 Å². The highest BCUT2D eigenvalue weighted by molar-refractivity contribution is 8.02. The van der Waals surface area contributed by atoms with Gasteiger partial charge in [-0.3, -0.25) is 0 Å². The molecule has 0 saturated carbocycles. The van der Waals surface area contributed by atoms with Crippen LogP contribution in [0.5, 0.6) is 0 Å². The summed E-state index contributed by atoms with van der Waals surface area (Å²) >= 11 is 5.13. The molecular weight excluding hydrogens is 282 g/mol. The average molecular weight is 306 g/mol. The van der Waals surface area contributed by atoms with E-state index in [-0.39, 0.29) is 0 Å². The molecule has 1 unspecified atom stereocenters. The first kappa shape index (κ1) is 16.3. The van der Waals surface area contributed by atoms with E-state index in [4.69, 9.17) is 0 Å². The quantitative estimate of drug-likeness (QED) is 0.555. The van der Waals surface area contributed by atoms with Crippen molar-refractivity contribution >= 4 is 34.9 Å². The second kappa shape index (κ2) is 9.18. The highest BCUT2D eigenvalue weighted by Crippen LogP contribution is 2.26. The number of thioether (sulfide) groups is 2. The smallest absolute Gasteiger partial charge is 0.175 e. The molecule has 0 spiro atoms. The van der Waals surface area contributed by atoms with Crippen LogP contribution in [0.1, 0.15) is 33.6 Å². The lowest BCUT2D eigenvalue weighted by Crippen LogP contribution is -2.28. The molecule has 0 aliphatic carbocycles. The van der Waals surface area contributed by atoms with Crippen molar-refractivity contribution in [3.63, 3.8) is 0 Å². The summed E-state index contributed by atoms with van der Waals surface area (Å²) in [5.74, 6) is 1.87. The Morgan fingerprint density at radius 3 is 2.50 bits per heavy atom. The van der Waals surface area contributed by atoms with Gasteiger partial charge < -0.3 is 5.32 Å². The summed E-state index contributed by atoms with van der Waals surface area (Å²) in [6, 6.07) is 0.615. The van der Waals surface area contributed by atoms with E-state index in [0.717, 1.165) is 26.9 Å². The minimum atomic E-state index is 0.615. The maximum absolute atomic E-state index is 4.15. The van der Waals surface area contributed by atoms with E-state index in [1.165, 1.54) is 12.8 Å². The lowest BCUT2D eigenvalue weighted by Gasteiger charge is -2.14. The standard InChI is InChI=1S/C12H23N3S3/c1-9(2)5-6-10(3)13-7-8-17-12-15-14-11(16-4)18-12/h9-10,13H,5-8H2,1-4H3. The first-order valence-corrected chi connectivity index (χ1v) is 9.38. The van der Waals surface area contributed by atoms with Crippen LogP contribution in [-0.2, 0) is 0 Å². The van der Waals surface area contributed by atoms with Crippen LogP contribution >= 0.6 is 34.9 Å². The molecule has 0 aliphatic heterocycles. The summed E-state index contributed by atoms with van der Waals surface area (Å²) in [5, 5.41) is 11.8. The van der Waals surface area contributed by atoms with Crippen LogP contribution in [0.25, 0.3) is 0 Å². The average Bonchev–Trinajstić information content (AvgIpc) is 2.80. The molecular formula is C12H23N3S3. The fourth-order valence-electron chi connectivity index (χ4n) is 1.47. The molecule has 0 radical (unpaired) electrons. The summed E-state index contributed by atoms with van der Waals surface area (Å²) in [4.78, 5) is 0. The topological polar surface area (TPSA) is 37.8 Å². The second-order valence-electron chi connectivity index (χ2n) is 4.71. The van der Waals surface area contributed by atoms with E-state index in [9.17, 15) is 0 Å². The molecule has 1 aromatic rings. The molecule has 0 aliphatic rings. The van der Waals surface area contributed by atoms with Crippen LogP contribution in [-0.4, -0.2) is 34.8 Å². The fraction of sp³-hybridized carbons (Fsp3) is 0.833. The predicted molar refractivity (Wildman–Crippen MR) is 84.0 cm³/mol. The number of hydrogen-bond acceptors (Lipinski definition) is 6. The third-order valence-corrected chi connectivity index (χ3v) is 5.59. The molecule has 1 heterocycles. The van der Waals surface area contributed by atoms with Crippen molar-refractivity contribution in [1.82, 2.24) is 15.5 Å². The summed E-state index contributed by atoms with van der Waals surface area (Å²) in [6.45, 7) is 7.87. The Kier molecular flexibility index (Phi) is 8.30. The maximum Gasteiger partial charge on any atom is 0.175 e. The SMILES string of the molecule is CSc1nnc(SCCNC(C)CCC(C)C)s1. The van der Waals surface area contributed by atoms with Crippen LogP contribution in [0.15, 0.2) is 8.68 Å². The van der Waals surface area contributed by atoms with Gasteiger partial charge in [-0.05, 0) is 31.9 Å². The van der Waals surface area contributed by atoms with Crippen molar-refractivity contribution in [3.8, 4) is 0 Å². The van der Waals surface area contributed by atoms with E-state index in [1.54, 1.807) is 34.9 Å². The number of nitrogens with zero attached hydrogens (tertiary/aromatic N) is 2. The highest BCUT2D eigenvalue weighted by atomic mass is 32.2. The predicted octanol–water partition coefficient (Wildman–Crippen LogP) is 3.77. The molecule has 6 heteroatoms. The fourth-order valence-corrected chi connectivity index (χ4v) is 3.85. The third kappa shape index (κ3) is 6.97. The summed E-state index contributed by atoms with van der Waals surface area (Å²) in [5.41, 5.74) is 0. The normalized spacial score (nSPS) is 13.2. The zero-order valence-electron chi connectivity index (χ0n) is 11.6. The Morgan fingerprint density at radius 1 is 1.17 bits per heavy atom. The van der Waals surface area contributed by atoms with Gasteiger partial charge >= 0.3 is 0 Å². The Labute approximate surface area is 123 Å². The maximum atomic E-state index is 4.15. The number of aromatic nitrogens is 2.